The van der Waals surface area contributed by atoms with E-state index in [0.717, 1.165) is 25.1 Å². The molecule has 1 saturated heterocycles. The molecule has 38 heavy (non-hydrogen) atoms. The Morgan fingerprint density at radius 2 is 1.84 bits per heavy atom. The van der Waals surface area contributed by atoms with E-state index in [-0.39, 0.29) is 23.6 Å². The van der Waals surface area contributed by atoms with Crippen LogP contribution < -0.4 is 5.32 Å². The number of carboxylic acids is 1. The number of aromatic nitrogens is 1. The second-order valence-electron chi connectivity index (χ2n) is 8.46. The van der Waals surface area contributed by atoms with Crippen LogP contribution in [0.3, 0.4) is 0 Å². The number of halogens is 5. The van der Waals surface area contributed by atoms with Crippen LogP contribution in [0, 0.1) is 18.6 Å². The topological polar surface area (TPSA) is 113 Å². The number of sulfone groups is 1. The van der Waals surface area contributed by atoms with E-state index in [1.165, 1.54) is 37.5 Å². The zero-order chi connectivity index (χ0) is 28.1. The minimum atomic E-state index is -5.08. The highest BCUT2D eigenvalue weighted by molar-refractivity contribution is 7.90. The molecular formula is C24H24F5N3O5S. The highest BCUT2D eigenvalue weighted by Crippen LogP contribution is 2.28. The summed E-state index contributed by atoms with van der Waals surface area (Å²) in [6, 6.07) is 9.14. The van der Waals surface area contributed by atoms with Crippen LogP contribution in [0.15, 0.2) is 52.1 Å². The minimum absolute atomic E-state index is 0.155. The molecule has 2 heterocycles. The summed E-state index contributed by atoms with van der Waals surface area (Å²) in [5.74, 6) is -4.37. The fourth-order valence-electron chi connectivity index (χ4n) is 3.59. The van der Waals surface area contributed by atoms with E-state index in [9.17, 15) is 30.4 Å². The summed E-state index contributed by atoms with van der Waals surface area (Å²) in [7, 11) is -3.93. The number of anilines is 1. The third-order valence-corrected chi connectivity index (χ3v) is 7.43. The average molecular weight is 562 g/mol. The number of aliphatic carboxylic acids is 1. The molecule has 1 aliphatic rings. The fourth-order valence-corrected chi connectivity index (χ4v) is 4.99. The molecular weight excluding hydrogens is 537 g/mol. The number of benzene rings is 2. The Bertz CT molecular complexity index is 1370. The summed E-state index contributed by atoms with van der Waals surface area (Å²) in [6.45, 7) is 4.33. The maximum atomic E-state index is 15.0. The molecule has 0 spiro atoms. The first kappa shape index (κ1) is 29.0. The molecule has 0 radical (unpaired) electrons. The first-order valence-corrected chi connectivity index (χ1v) is 12.9. The molecule has 206 valence electrons. The van der Waals surface area contributed by atoms with E-state index in [1.807, 2.05) is 6.07 Å². The van der Waals surface area contributed by atoms with Crippen LogP contribution in [0.1, 0.15) is 28.8 Å². The van der Waals surface area contributed by atoms with E-state index >= 15 is 0 Å². The van der Waals surface area contributed by atoms with Gasteiger partial charge in [0.05, 0.1) is 5.69 Å². The zero-order valence-electron chi connectivity index (χ0n) is 20.1. The summed E-state index contributed by atoms with van der Waals surface area (Å²) < 4.78 is 91.0. The van der Waals surface area contributed by atoms with Crippen molar-refractivity contribution in [2.45, 2.75) is 43.3 Å². The number of carbonyl (C=O) groups is 1. The van der Waals surface area contributed by atoms with Crippen molar-refractivity contribution >= 4 is 21.5 Å². The van der Waals surface area contributed by atoms with Crippen molar-refractivity contribution in [1.29, 1.82) is 0 Å². The van der Waals surface area contributed by atoms with Crippen molar-refractivity contribution in [2.75, 3.05) is 18.4 Å². The van der Waals surface area contributed by atoms with Crippen molar-refractivity contribution in [1.82, 2.24) is 10.1 Å². The first-order chi connectivity index (χ1) is 17.8. The number of likely N-dealkylation sites (tertiary alicyclic amines) is 1. The third kappa shape index (κ3) is 7.28. The molecule has 1 aliphatic heterocycles. The molecule has 2 N–H and O–H groups in total. The molecule has 0 amide bonds. The summed E-state index contributed by atoms with van der Waals surface area (Å²) in [5, 5.41) is 13.8. The van der Waals surface area contributed by atoms with Crippen LogP contribution in [0.4, 0.5) is 27.6 Å². The third-order valence-electron chi connectivity index (χ3n) is 5.77. The lowest BCUT2D eigenvalue weighted by Gasteiger charge is -2.31. The predicted octanol–water partition coefficient (Wildman–Crippen LogP) is 4.69. The largest absolute Gasteiger partial charge is 0.490 e. The molecule has 0 bridgehead atoms. The first-order valence-electron chi connectivity index (χ1n) is 11.2. The molecule has 0 atom stereocenters. The Morgan fingerprint density at radius 3 is 2.39 bits per heavy atom. The Balaban J connectivity index is 0.000000505. The van der Waals surface area contributed by atoms with Gasteiger partial charge < -0.3 is 14.9 Å². The Hall–Kier alpha value is -3.52. The van der Waals surface area contributed by atoms with E-state index in [4.69, 9.17) is 9.90 Å². The molecule has 0 aliphatic carbocycles. The van der Waals surface area contributed by atoms with Crippen LogP contribution in [0.5, 0.6) is 0 Å². The molecule has 0 saturated carbocycles. The van der Waals surface area contributed by atoms with Crippen molar-refractivity contribution in [3.05, 3.63) is 76.7 Å². The summed E-state index contributed by atoms with van der Waals surface area (Å²) >= 11 is 0. The van der Waals surface area contributed by atoms with Crippen LogP contribution >= 0.6 is 0 Å². The van der Waals surface area contributed by atoms with Crippen molar-refractivity contribution < 1.29 is 44.8 Å². The predicted molar refractivity (Wildman–Crippen MR) is 126 cm³/mol. The van der Waals surface area contributed by atoms with Gasteiger partial charge in [-0.3, -0.25) is 4.90 Å². The quantitative estimate of drug-likeness (QED) is 0.381. The van der Waals surface area contributed by atoms with Crippen LogP contribution in [-0.2, 0) is 33.5 Å². The monoisotopic (exact) mass is 561 g/mol. The maximum Gasteiger partial charge on any atom is 0.490 e. The van der Waals surface area contributed by atoms with E-state index in [2.05, 4.69) is 19.9 Å². The number of carboxylic acid groups (broad SMARTS) is 1. The van der Waals surface area contributed by atoms with E-state index in [1.54, 1.807) is 6.07 Å². The molecule has 3 aromatic rings. The SMILES string of the molecule is Cc1c(NCc2c(F)cccc2CN2CCC2)ccc(S(=O)(=O)Cc2ccon2)c1F.O=C(O)C(F)(F)F. The number of hydrogen-bond donors (Lipinski definition) is 2. The van der Waals surface area contributed by atoms with Gasteiger partial charge in [0.1, 0.15) is 28.5 Å². The Kier molecular flexibility index (Phi) is 9.09. The highest BCUT2D eigenvalue weighted by atomic mass is 32.2. The van der Waals surface area contributed by atoms with Gasteiger partial charge in [0.25, 0.3) is 0 Å². The van der Waals surface area contributed by atoms with Gasteiger partial charge in [0.2, 0.25) is 0 Å². The van der Waals surface area contributed by atoms with Gasteiger partial charge in [-0.05, 0) is 50.2 Å². The van der Waals surface area contributed by atoms with Gasteiger partial charge in [0, 0.05) is 36.0 Å². The van der Waals surface area contributed by atoms with Gasteiger partial charge in [0.15, 0.2) is 9.84 Å². The second-order valence-corrected chi connectivity index (χ2v) is 10.4. The molecule has 8 nitrogen and oxygen atoms in total. The zero-order valence-corrected chi connectivity index (χ0v) is 20.9. The lowest BCUT2D eigenvalue weighted by Crippen LogP contribution is -2.36. The molecule has 0 unspecified atom stereocenters. The Morgan fingerprint density at radius 1 is 1.16 bits per heavy atom. The fraction of sp³-hybridized carbons (Fsp3) is 0.333. The molecule has 4 rings (SSSR count). The number of rotatable bonds is 8. The number of nitrogens with zero attached hydrogens (tertiary/aromatic N) is 2. The number of alkyl halides is 3. The summed E-state index contributed by atoms with van der Waals surface area (Å²) in [4.78, 5) is 10.7. The van der Waals surface area contributed by atoms with Crippen molar-refractivity contribution in [3.8, 4) is 0 Å². The molecule has 1 fully saturated rings. The van der Waals surface area contributed by atoms with Crippen LogP contribution in [-0.4, -0.2) is 48.8 Å². The van der Waals surface area contributed by atoms with Crippen molar-refractivity contribution in [2.24, 2.45) is 0 Å². The maximum absolute atomic E-state index is 15.0. The van der Waals surface area contributed by atoms with Gasteiger partial charge in [-0.15, -0.1) is 0 Å². The lowest BCUT2D eigenvalue weighted by molar-refractivity contribution is -0.192. The Labute approximate surface area is 215 Å². The van der Waals surface area contributed by atoms with Crippen LogP contribution in [0.2, 0.25) is 0 Å². The normalized spacial score (nSPS) is 13.8. The highest BCUT2D eigenvalue weighted by Gasteiger charge is 2.38. The van der Waals surface area contributed by atoms with Gasteiger partial charge in [-0.1, -0.05) is 17.3 Å². The summed E-state index contributed by atoms with van der Waals surface area (Å²) in [5.41, 5.74) is 2.18. The minimum Gasteiger partial charge on any atom is -0.475 e. The van der Waals surface area contributed by atoms with Gasteiger partial charge >= 0.3 is 12.1 Å². The average Bonchev–Trinajstić information content (AvgIpc) is 3.30. The summed E-state index contributed by atoms with van der Waals surface area (Å²) in [6.07, 6.45) is -2.67. The second kappa shape index (κ2) is 11.9. The molecule has 2 aromatic carbocycles. The number of hydrogen-bond acceptors (Lipinski definition) is 7. The van der Waals surface area contributed by atoms with Gasteiger partial charge in [-0.2, -0.15) is 13.2 Å². The van der Waals surface area contributed by atoms with Crippen LogP contribution in [0.25, 0.3) is 0 Å². The molecule has 14 heteroatoms. The van der Waals surface area contributed by atoms with E-state index in [0.29, 0.717) is 17.8 Å². The molecule has 1 aromatic heterocycles. The smallest absolute Gasteiger partial charge is 0.475 e. The lowest BCUT2D eigenvalue weighted by atomic mass is 10.0. The van der Waals surface area contributed by atoms with Crippen molar-refractivity contribution in [3.63, 3.8) is 0 Å². The number of nitrogens with one attached hydrogen (secondary N) is 1. The standard InChI is InChI=1S/C22H23F2N3O3S.C2HF3O2/c1-15-20(6-7-21(22(15)24)31(28,29)14-17-8-11-30-26-17)25-12-18-16(4-2-5-19(18)23)13-27-9-3-10-27;3-2(4,5)1(6)7/h2,4-8,11,25H,3,9-10,12-14H2,1H3;(H,6,7). The van der Waals surface area contributed by atoms with E-state index < -0.39 is 38.4 Å². The van der Waals surface area contributed by atoms with Gasteiger partial charge in [-0.25, -0.2) is 22.0 Å².